The number of carboxylic acid groups (broad SMARTS) is 1. The maximum absolute atomic E-state index is 10.8. The maximum Gasteiger partial charge on any atom is 0.335 e. The Hall–Kier alpha value is -0.570. The van der Waals surface area contributed by atoms with Gasteiger partial charge in [0.1, 0.15) is 0 Å². The number of hydrogen-bond donors (Lipinski definition) is 2. The van der Waals surface area contributed by atoms with Gasteiger partial charge >= 0.3 is 5.97 Å². The molecule has 3 nitrogen and oxygen atoms in total. The third-order valence-electron chi connectivity index (χ3n) is 3.52. The van der Waals surface area contributed by atoms with Crippen LogP contribution in [0.2, 0.25) is 0 Å². The molecule has 0 amide bonds. The van der Waals surface area contributed by atoms with Crippen molar-refractivity contribution in [1.82, 2.24) is 0 Å². The number of rotatable bonds is 1. The molecular formula is C9H14O3. The molecule has 0 heterocycles. The van der Waals surface area contributed by atoms with Crippen LogP contribution in [0.15, 0.2) is 0 Å². The van der Waals surface area contributed by atoms with Gasteiger partial charge in [0.05, 0.1) is 0 Å². The lowest BCUT2D eigenvalue weighted by Gasteiger charge is -2.33. The first-order chi connectivity index (χ1) is 5.63. The first-order valence-corrected chi connectivity index (χ1v) is 4.58. The number of carboxylic acids is 1. The van der Waals surface area contributed by atoms with E-state index < -0.39 is 11.6 Å². The van der Waals surface area contributed by atoms with E-state index in [4.69, 9.17) is 5.11 Å². The van der Waals surface area contributed by atoms with Crippen molar-refractivity contribution in [3.63, 3.8) is 0 Å². The summed E-state index contributed by atoms with van der Waals surface area (Å²) in [7, 11) is 0. The van der Waals surface area contributed by atoms with Gasteiger partial charge in [0, 0.05) is 0 Å². The number of hydrogen-bond acceptors (Lipinski definition) is 2. The zero-order valence-corrected chi connectivity index (χ0v) is 6.99. The fraction of sp³-hybridized carbons (Fsp3) is 0.889. The third kappa shape index (κ3) is 0.959. The maximum atomic E-state index is 10.8. The average Bonchev–Trinajstić information content (AvgIpc) is 2.43. The van der Waals surface area contributed by atoms with Crippen molar-refractivity contribution in [3.8, 4) is 0 Å². The minimum absolute atomic E-state index is 0.0220. The monoisotopic (exact) mass is 170 g/mol. The fourth-order valence-electron chi connectivity index (χ4n) is 2.68. The lowest BCUT2D eigenvalue weighted by atomic mass is 9.76. The minimum atomic E-state index is -1.40. The largest absolute Gasteiger partial charge is 0.479 e. The smallest absolute Gasteiger partial charge is 0.335 e. The normalized spacial score (nSPS) is 46.1. The Balaban J connectivity index is 2.21. The lowest BCUT2D eigenvalue weighted by Crippen LogP contribution is -2.46. The van der Waals surface area contributed by atoms with E-state index >= 15 is 0 Å². The fourth-order valence-corrected chi connectivity index (χ4v) is 2.68. The Kier molecular flexibility index (Phi) is 1.65. The van der Waals surface area contributed by atoms with Gasteiger partial charge in [-0.15, -0.1) is 0 Å². The Morgan fingerprint density at radius 1 is 1.33 bits per heavy atom. The summed E-state index contributed by atoms with van der Waals surface area (Å²) in [5.41, 5.74) is -1.40. The van der Waals surface area contributed by atoms with Gasteiger partial charge in [-0.2, -0.15) is 0 Å². The molecule has 3 atom stereocenters. The topological polar surface area (TPSA) is 57.5 Å². The summed E-state index contributed by atoms with van der Waals surface area (Å²) in [5.74, 6) is -0.309. The predicted octanol–water partition coefficient (Wildman–Crippen LogP) is 1.01. The van der Waals surface area contributed by atoms with Gasteiger partial charge in [-0.25, -0.2) is 4.79 Å². The van der Waals surface area contributed by atoms with Crippen LogP contribution in [-0.2, 0) is 4.79 Å². The second-order valence-electron chi connectivity index (χ2n) is 4.14. The summed E-state index contributed by atoms with van der Waals surface area (Å²) in [5, 5.41) is 18.7. The summed E-state index contributed by atoms with van der Waals surface area (Å²) in [4.78, 5) is 10.8. The van der Waals surface area contributed by atoms with Gasteiger partial charge < -0.3 is 10.2 Å². The van der Waals surface area contributed by atoms with Crippen molar-refractivity contribution in [2.24, 2.45) is 11.8 Å². The van der Waals surface area contributed by atoms with Crippen LogP contribution in [0.3, 0.4) is 0 Å². The van der Waals surface area contributed by atoms with Crippen molar-refractivity contribution in [3.05, 3.63) is 0 Å². The van der Waals surface area contributed by atoms with E-state index in [1.807, 2.05) is 0 Å². The SMILES string of the molecule is O=C(O)[C@@]1(O)CC[C@@H]2CC[C@H]1C2. The first-order valence-electron chi connectivity index (χ1n) is 4.58. The molecule has 2 rings (SSSR count). The van der Waals surface area contributed by atoms with Gasteiger partial charge in [-0.1, -0.05) is 6.42 Å². The molecule has 0 aromatic heterocycles. The zero-order valence-electron chi connectivity index (χ0n) is 6.99. The minimum Gasteiger partial charge on any atom is -0.479 e. The lowest BCUT2D eigenvalue weighted by molar-refractivity contribution is -0.168. The summed E-state index contributed by atoms with van der Waals surface area (Å²) in [6, 6.07) is 0. The van der Waals surface area contributed by atoms with Crippen molar-refractivity contribution < 1.29 is 15.0 Å². The number of fused-ring (bicyclic) bond motifs is 2. The molecule has 0 spiro atoms. The van der Waals surface area contributed by atoms with Crippen LogP contribution in [0.4, 0.5) is 0 Å². The van der Waals surface area contributed by atoms with Crippen molar-refractivity contribution in [2.45, 2.75) is 37.7 Å². The van der Waals surface area contributed by atoms with Crippen molar-refractivity contribution >= 4 is 5.97 Å². The highest BCUT2D eigenvalue weighted by atomic mass is 16.4. The van der Waals surface area contributed by atoms with E-state index in [1.54, 1.807) is 0 Å². The highest BCUT2D eigenvalue weighted by Gasteiger charge is 2.50. The van der Waals surface area contributed by atoms with E-state index in [1.165, 1.54) is 0 Å². The van der Waals surface area contributed by atoms with E-state index in [9.17, 15) is 9.90 Å². The number of aliphatic hydroxyl groups is 1. The first kappa shape index (κ1) is 8.05. The van der Waals surface area contributed by atoms with Gasteiger partial charge in [-0.3, -0.25) is 0 Å². The highest BCUT2D eigenvalue weighted by molar-refractivity contribution is 5.77. The average molecular weight is 170 g/mol. The van der Waals surface area contributed by atoms with Gasteiger partial charge in [0.15, 0.2) is 5.60 Å². The molecule has 2 N–H and O–H groups in total. The van der Waals surface area contributed by atoms with Crippen LogP contribution in [-0.4, -0.2) is 21.8 Å². The quantitative estimate of drug-likeness (QED) is 0.617. The molecule has 2 aliphatic carbocycles. The van der Waals surface area contributed by atoms with Gasteiger partial charge in [-0.05, 0) is 37.5 Å². The zero-order chi connectivity index (χ0) is 8.77. The second kappa shape index (κ2) is 2.46. The summed E-state index contributed by atoms with van der Waals surface area (Å²) in [6.07, 6.45) is 4.27. The summed E-state index contributed by atoms with van der Waals surface area (Å²) >= 11 is 0. The predicted molar refractivity (Wildman–Crippen MR) is 42.7 cm³/mol. The van der Waals surface area contributed by atoms with Crippen molar-refractivity contribution in [1.29, 1.82) is 0 Å². The molecule has 2 fully saturated rings. The molecule has 0 unspecified atom stereocenters. The number of carbonyl (C=O) groups is 1. The number of aliphatic carboxylic acids is 1. The molecule has 12 heavy (non-hydrogen) atoms. The Morgan fingerprint density at radius 2 is 2.08 bits per heavy atom. The van der Waals surface area contributed by atoms with E-state index in [-0.39, 0.29) is 5.92 Å². The summed E-state index contributed by atoms with van der Waals surface area (Å²) < 4.78 is 0. The molecule has 2 saturated carbocycles. The molecule has 3 heteroatoms. The molecule has 0 aromatic rings. The van der Waals surface area contributed by atoms with Gasteiger partial charge in [0.25, 0.3) is 0 Å². The molecule has 68 valence electrons. The van der Waals surface area contributed by atoms with Crippen molar-refractivity contribution in [2.75, 3.05) is 0 Å². The van der Waals surface area contributed by atoms with Crippen LogP contribution in [0.5, 0.6) is 0 Å². The summed E-state index contributed by atoms with van der Waals surface area (Å²) in [6.45, 7) is 0. The standard InChI is InChI=1S/C9H14O3/c10-8(11)9(12)4-3-6-1-2-7(9)5-6/h6-7,12H,1-5H2,(H,10,11)/t6-,7-,9+/m0/s1. The van der Waals surface area contributed by atoms with Crippen LogP contribution < -0.4 is 0 Å². The van der Waals surface area contributed by atoms with Crippen LogP contribution in [0.25, 0.3) is 0 Å². The van der Waals surface area contributed by atoms with E-state index in [0.717, 1.165) is 25.7 Å². The molecule has 2 aliphatic rings. The molecule has 0 radical (unpaired) electrons. The molecule has 0 aliphatic heterocycles. The molecule has 0 saturated heterocycles. The highest BCUT2D eigenvalue weighted by Crippen LogP contribution is 2.47. The third-order valence-corrected chi connectivity index (χ3v) is 3.52. The Bertz CT molecular complexity index is 214. The van der Waals surface area contributed by atoms with Crippen LogP contribution >= 0.6 is 0 Å². The Labute approximate surface area is 71.4 Å². The van der Waals surface area contributed by atoms with E-state index in [2.05, 4.69) is 0 Å². The molecular weight excluding hydrogens is 156 g/mol. The Morgan fingerprint density at radius 3 is 2.75 bits per heavy atom. The van der Waals surface area contributed by atoms with E-state index in [0.29, 0.717) is 12.3 Å². The van der Waals surface area contributed by atoms with Crippen LogP contribution in [0.1, 0.15) is 32.1 Å². The molecule has 2 bridgehead atoms. The van der Waals surface area contributed by atoms with Gasteiger partial charge in [0.2, 0.25) is 0 Å². The van der Waals surface area contributed by atoms with Crippen LogP contribution in [0, 0.1) is 11.8 Å². The second-order valence-corrected chi connectivity index (χ2v) is 4.14. The molecule has 0 aromatic carbocycles.